The fourth-order valence-electron chi connectivity index (χ4n) is 2.03. The quantitative estimate of drug-likeness (QED) is 0.636. The molecule has 0 atom stereocenters. The van der Waals surface area contributed by atoms with E-state index < -0.39 is 5.75 Å². The molecule has 0 saturated carbocycles. The van der Waals surface area contributed by atoms with Gasteiger partial charge < -0.3 is 25.4 Å². The van der Waals surface area contributed by atoms with E-state index in [9.17, 15) is 15.3 Å². The lowest BCUT2D eigenvalue weighted by Gasteiger charge is -2.13. The van der Waals surface area contributed by atoms with E-state index in [0.717, 1.165) is 17.0 Å². The van der Waals surface area contributed by atoms with E-state index in [1.165, 1.54) is 6.07 Å². The Labute approximate surface area is 123 Å². The minimum absolute atomic E-state index is 0.314. The van der Waals surface area contributed by atoms with Gasteiger partial charge in [-0.25, -0.2) is 0 Å². The van der Waals surface area contributed by atoms with E-state index in [0.29, 0.717) is 18.7 Å². The van der Waals surface area contributed by atoms with Crippen LogP contribution in [0.3, 0.4) is 0 Å². The number of phenolic OH excluding ortho intramolecular Hbond substituents is 3. The second-order valence-electron chi connectivity index (χ2n) is 4.70. The number of aryl methyl sites for hydroxylation is 1. The van der Waals surface area contributed by atoms with Gasteiger partial charge in [-0.1, -0.05) is 0 Å². The molecule has 0 aliphatic heterocycles. The van der Waals surface area contributed by atoms with Crippen molar-refractivity contribution in [3.8, 4) is 23.0 Å². The van der Waals surface area contributed by atoms with Crippen LogP contribution in [0.5, 0.6) is 23.0 Å². The SMILES string of the molecule is CCOc1ccc(NCc2ccc(O)c(O)c2O)c(C)c1. The fourth-order valence-corrected chi connectivity index (χ4v) is 2.03. The highest BCUT2D eigenvalue weighted by atomic mass is 16.5. The molecule has 5 heteroatoms. The molecule has 5 nitrogen and oxygen atoms in total. The van der Waals surface area contributed by atoms with Crippen LogP contribution in [-0.2, 0) is 6.54 Å². The van der Waals surface area contributed by atoms with Crippen molar-refractivity contribution >= 4 is 5.69 Å². The van der Waals surface area contributed by atoms with Crippen molar-refractivity contribution < 1.29 is 20.1 Å². The number of rotatable bonds is 5. The lowest BCUT2D eigenvalue weighted by atomic mass is 10.1. The third-order valence-corrected chi connectivity index (χ3v) is 3.19. The topological polar surface area (TPSA) is 82.0 Å². The summed E-state index contributed by atoms with van der Waals surface area (Å²) in [7, 11) is 0. The van der Waals surface area contributed by atoms with Crippen LogP contribution in [-0.4, -0.2) is 21.9 Å². The van der Waals surface area contributed by atoms with E-state index in [2.05, 4.69) is 5.32 Å². The van der Waals surface area contributed by atoms with Gasteiger partial charge in [0.2, 0.25) is 5.75 Å². The molecule has 0 bridgehead atoms. The Morgan fingerprint density at radius 1 is 1.05 bits per heavy atom. The zero-order valence-corrected chi connectivity index (χ0v) is 12.1. The van der Waals surface area contributed by atoms with Gasteiger partial charge in [-0.05, 0) is 49.7 Å². The maximum Gasteiger partial charge on any atom is 0.200 e. The predicted molar refractivity (Wildman–Crippen MR) is 81.1 cm³/mol. The van der Waals surface area contributed by atoms with Crippen LogP contribution in [0.15, 0.2) is 30.3 Å². The van der Waals surface area contributed by atoms with E-state index >= 15 is 0 Å². The molecule has 0 unspecified atom stereocenters. The minimum Gasteiger partial charge on any atom is -0.504 e. The van der Waals surface area contributed by atoms with Crippen LogP contribution >= 0.6 is 0 Å². The number of anilines is 1. The van der Waals surface area contributed by atoms with Crippen molar-refractivity contribution in [2.45, 2.75) is 20.4 Å². The van der Waals surface area contributed by atoms with E-state index in [-0.39, 0.29) is 11.5 Å². The Morgan fingerprint density at radius 2 is 1.81 bits per heavy atom. The van der Waals surface area contributed by atoms with Crippen molar-refractivity contribution in [1.29, 1.82) is 0 Å². The van der Waals surface area contributed by atoms with Gasteiger partial charge in [-0.2, -0.15) is 0 Å². The number of aromatic hydroxyl groups is 3. The third-order valence-electron chi connectivity index (χ3n) is 3.19. The van der Waals surface area contributed by atoms with Crippen LogP contribution in [0, 0.1) is 6.92 Å². The summed E-state index contributed by atoms with van der Waals surface area (Å²) in [4.78, 5) is 0. The molecule has 0 radical (unpaired) electrons. The Hall–Kier alpha value is -2.56. The average Bonchev–Trinajstić information content (AvgIpc) is 2.46. The molecule has 0 aliphatic carbocycles. The molecule has 21 heavy (non-hydrogen) atoms. The maximum atomic E-state index is 9.77. The number of phenols is 3. The molecular formula is C16H19NO4. The highest BCUT2D eigenvalue weighted by Gasteiger charge is 2.11. The summed E-state index contributed by atoms with van der Waals surface area (Å²) < 4.78 is 5.42. The first-order chi connectivity index (χ1) is 10.0. The van der Waals surface area contributed by atoms with Crippen LogP contribution in [0.4, 0.5) is 5.69 Å². The van der Waals surface area contributed by atoms with Gasteiger partial charge in [0.25, 0.3) is 0 Å². The molecule has 2 rings (SSSR count). The van der Waals surface area contributed by atoms with Crippen LogP contribution in [0.2, 0.25) is 0 Å². The van der Waals surface area contributed by atoms with E-state index in [4.69, 9.17) is 4.74 Å². The van der Waals surface area contributed by atoms with E-state index in [1.54, 1.807) is 6.07 Å². The smallest absolute Gasteiger partial charge is 0.200 e. The van der Waals surface area contributed by atoms with Crippen molar-refractivity contribution in [2.24, 2.45) is 0 Å². The van der Waals surface area contributed by atoms with Gasteiger partial charge >= 0.3 is 0 Å². The number of benzene rings is 2. The summed E-state index contributed by atoms with van der Waals surface area (Å²) in [6.45, 7) is 4.84. The first-order valence-electron chi connectivity index (χ1n) is 6.73. The highest BCUT2D eigenvalue weighted by molar-refractivity contribution is 5.57. The zero-order valence-electron chi connectivity index (χ0n) is 12.1. The standard InChI is InChI=1S/C16H19NO4/c1-3-21-12-5-6-13(10(2)8-12)17-9-11-4-7-14(18)16(20)15(11)19/h4-8,17-20H,3,9H2,1-2H3. The summed E-state index contributed by atoms with van der Waals surface area (Å²) in [5, 5.41) is 31.7. The summed E-state index contributed by atoms with van der Waals surface area (Å²) in [5.41, 5.74) is 2.42. The Kier molecular flexibility index (Phi) is 4.42. The molecule has 0 fully saturated rings. The normalized spacial score (nSPS) is 10.4. The lowest BCUT2D eigenvalue weighted by molar-refractivity contribution is 0.340. The minimum atomic E-state index is -0.502. The van der Waals surface area contributed by atoms with Gasteiger partial charge in [-0.3, -0.25) is 0 Å². The molecular weight excluding hydrogens is 270 g/mol. The molecule has 0 aromatic heterocycles. The van der Waals surface area contributed by atoms with Crippen molar-refractivity contribution in [3.05, 3.63) is 41.5 Å². The van der Waals surface area contributed by atoms with E-state index in [1.807, 2.05) is 32.0 Å². The Bertz CT molecular complexity index is 640. The molecule has 0 amide bonds. The van der Waals surface area contributed by atoms with Crippen molar-refractivity contribution in [1.82, 2.24) is 0 Å². The molecule has 0 spiro atoms. The van der Waals surface area contributed by atoms with Crippen molar-refractivity contribution in [3.63, 3.8) is 0 Å². The largest absolute Gasteiger partial charge is 0.504 e. The molecule has 2 aromatic carbocycles. The Balaban J connectivity index is 2.11. The lowest BCUT2D eigenvalue weighted by Crippen LogP contribution is -2.02. The van der Waals surface area contributed by atoms with Gasteiger partial charge in [-0.15, -0.1) is 0 Å². The third kappa shape index (κ3) is 3.31. The van der Waals surface area contributed by atoms with Gasteiger partial charge in [0.05, 0.1) is 6.61 Å². The molecule has 4 N–H and O–H groups in total. The monoisotopic (exact) mass is 289 g/mol. The van der Waals surface area contributed by atoms with Gasteiger partial charge in [0.1, 0.15) is 5.75 Å². The number of nitrogens with one attached hydrogen (secondary N) is 1. The zero-order chi connectivity index (χ0) is 15.4. The molecule has 112 valence electrons. The second-order valence-corrected chi connectivity index (χ2v) is 4.70. The summed E-state index contributed by atoms with van der Waals surface area (Å²) in [6, 6.07) is 8.60. The van der Waals surface area contributed by atoms with Crippen LogP contribution in [0.1, 0.15) is 18.1 Å². The van der Waals surface area contributed by atoms with Gasteiger partial charge in [0.15, 0.2) is 11.5 Å². The molecule has 2 aromatic rings. The summed E-state index contributed by atoms with van der Waals surface area (Å²) >= 11 is 0. The summed E-state index contributed by atoms with van der Waals surface area (Å²) in [5.74, 6) is -0.344. The Morgan fingerprint density at radius 3 is 2.48 bits per heavy atom. The predicted octanol–water partition coefficient (Wildman–Crippen LogP) is 3.12. The first-order valence-corrected chi connectivity index (χ1v) is 6.73. The second kappa shape index (κ2) is 6.26. The molecule has 0 aliphatic rings. The number of ether oxygens (including phenoxy) is 1. The number of hydrogen-bond acceptors (Lipinski definition) is 5. The first kappa shape index (κ1) is 14.8. The highest BCUT2D eigenvalue weighted by Crippen LogP contribution is 2.37. The fraction of sp³-hybridized carbons (Fsp3) is 0.250. The average molecular weight is 289 g/mol. The van der Waals surface area contributed by atoms with Crippen LogP contribution < -0.4 is 10.1 Å². The summed E-state index contributed by atoms with van der Waals surface area (Å²) in [6.07, 6.45) is 0. The molecule has 0 heterocycles. The number of hydrogen-bond donors (Lipinski definition) is 4. The molecule has 0 saturated heterocycles. The van der Waals surface area contributed by atoms with Crippen LogP contribution in [0.25, 0.3) is 0 Å². The maximum absolute atomic E-state index is 9.77. The van der Waals surface area contributed by atoms with Gasteiger partial charge in [0, 0.05) is 17.8 Å². The van der Waals surface area contributed by atoms with Crippen molar-refractivity contribution in [2.75, 3.05) is 11.9 Å².